The van der Waals surface area contributed by atoms with Gasteiger partial charge in [0.05, 0.1) is 7.11 Å². The molecule has 0 unspecified atom stereocenters. The highest BCUT2D eigenvalue weighted by Crippen LogP contribution is 2.40. The number of piperazine rings is 1. The second-order valence-corrected chi connectivity index (χ2v) is 6.39. The van der Waals surface area contributed by atoms with Crippen LogP contribution in [0.5, 0.6) is 11.5 Å². The molecule has 1 aliphatic rings. The number of furan rings is 1. The number of phenolic OH excluding ortho intramolecular Hbond substituents is 1. The first-order chi connectivity index (χ1) is 11.8. The standard InChI is InChI=1S/C18H22N2O5.ClH/c1-10-12-9-13(24-4)15(22)14(11(2)21)17(12)25-16(10)18(23)20-7-5-19(3)6-8-20;/h9,22H,5-8H2,1-4H3;1H. The number of aromatic hydroxyl groups is 1. The molecule has 0 radical (unpaired) electrons. The fraction of sp³-hybridized carbons (Fsp3) is 0.444. The number of carbonyl (C=O) groups is 2. The third-order valence-corrected chi connectivity index (χ3v) is 4.72. The molecule has 1 aliphatic heterocycles. The second kappa shape index (κ2) is 7.55. The molecule has 2 heterocycles. The average Bonchev–Trinajstić information content (AvgIpc) is 2.90. The zero-order chi connectivity index (χ0) is 18.3. The third kappa shape index (κ3) is 3.24. The lowest BCUT2D eigenvalue weighted by atomic mass is 10.0. The molecular weight excluding hydrogens is 360 g/mol. The van der Waals surface area contributed by atoms with Crippen LogP contribution in [0.4, 0.5) is 0 Å². The Kier molecular flexibility index (Phi) is 5.83. The van der Waals surface area contributed by atoms with Crippen molar-refractivity contribution in [2.45, 2.75) is 13.8 Å². The molecule has 2 aromatic rings. The van der Waals surface area contributed by atoms with Crippen LogP contribution >= 0.6 is 12.4 Å². The summed E-state index contributed by atoms with van der Waals surface area (Å²) in [5, 5.41) is 10.9. The quantitative estimate of drug-likeness (QED) is 0.821. The van der Waals surface area contributed by atoms with Gasteiger partial charge in [-0.15, -0.1) is 12.4 Å². The molecule has 1 saturated heterocycles. The number of hydrogen-bond donors (Lipinski definition) is 1. The molecule has 1 aromatic heterocycles. The van der Waals surface area contributed by atoms with Gasteiger partial charge in [0.25, 0.3) is 5.91 Å². The summed E-state index contributed by atoms with van der Waals surface area (Å²) in [5.74, 6) is -0.437. The van der Waals surface area contributed by atoms with Crippen LogP contribution in [0, 0.1) is 6.92 Å². The lowest BCUT2D eigenvalue weighted by Gasteiger charge is -2.31. The van der Waals surface area contributed by atoms with Crippen LogP contribution < -0.4 is 4.74 Å². The first-order valence-corrected chi connectivity index (χ1v) is 8.17. The van der Waals surface area contributed by atoms with Crippen LogP contribution in [0.1, 0.15) is 33.4 Å². The van der Waals surface area contributed by atoms with Gasteiger partial charge in [0.1, 0.15) is 11.1 Å². The summed E-state index contributed by atoms with van der Waals surface area (Å²) in [7, 11) is 3.43. The number of fused-ring (bicyclic) bond motifs is 1. The summed E-state index contributed by atoms with van der Waals surface area (Å²) in [4.78, 5) is 28.8. The minimum absolute atomic E-state index is 0. The van der Waals surface area contributed by atoms with Gasteiger partial charge in [-0.3, -0.25) is 9.59 Å². The van der Waals surface area contributed by atoms with E-state index in [0.29, 0.717) is 24.0 Å². The molecule has 142 valence electrons. The number of methoxy groups -OCH3 is 1. The molecule has 0 bridgehead atoms. The number of benzene rings is 1. The minimum Gasteiger partial charge on any atom is -0.504 e. The Hall–Kier alpha value is -2.25. The molecule has 0 saturated carbocycles. The fourth-order valence-corrected chi connectivity index (χ4v) is 3.16. The molecule has 26 heavy (non-hydrogen) atoms. The third-order valence-electron chi connectivity index (χ3n) is 4.72. The highest BCUT2D eigenvalue weighted by atomic mass is 35.5. The number of Topliss-reactive ketones (excluding diaryl/α,β-unsaturated/α-hetero) is 1. The van der Waals surface area contributed by atoms with Crippen molar-refractivity contribution in [3.05, 3.63) is 23.0 Å². The Morgan fingerprint density at radius 1 is 1.23 bits per heavy atom. The molecule has 7 nitrogen and oxygen atoms in total. The van der Waals surface area contributed by atoms with Crippen LogP contribution in [0.2, 0.25) is 0 Å². The van der Waals surface area contributed by atoms with Crippen LogP contribution in [0.25, 0.3) is 11.0 Å². The van der Waals surface area contributed by atoms with Crippen molar-refractivity contribution in [1.82, 2.24) is 9.80 Å². The van der Waals surface area contributed by atoms with E-state index in [9.17, 15) is 14.7 Å². The summed E-state index contributed by atoms with van der Waals surface area (Å²) in [5.41, 5.74) is 0.899. The molecular formula is C18H23ClN2O5. The van der Waals surface area contributed by atoms with Gasteiger partial charge in [0, 0.05) is 37.1 Å². The average molecular weight is 383 g/mol. The number of carbonyl (C=O) groups excluding carboxylic acids is 2. The van der Waals surface area contributed by atoms with E-state index in [1.807, 2.05) is 7.05 Å². The van der Waals surface area contributed by atoms with E-state index in [4.69, 9.17) is 9.15 Å². The van der Waals surface area contributed by atoms with Gasteiger partial charge in [0.2, 0.25) is 0 Å². The van der Waals surface area contributed by atoms with Gasteiger partial charge in [-0.25, -0.2) is 0 Å². The van der Waals surface area contributed by atoms with Crippen molar-refractivity contribution in [1.29, 1.82) is 0 Å². The van der Waals surface area contributed by atoms with E-state index >= 15 is 0 Å². The van der Waals surface area contributed by atoms with Crippen molar-refractivity contribution in [2.75, 3.05) is 40.3 Å². The van der Waals surface area contributed by atoms with E-state index < -0.39 is 0 Å². The van der Waals surface area contributed by atoms with Crippen molar-refractivity contribution in [3.63, 3.8) is 0 Å². The minimum atomic E-state index is -0.353. The second-order valence-electron chi connectivity index (χ2n) is 6.39. The first kappa shape index (κ1) is 20.1. The van der Waals surface area contributed by atoms with E-state index in [2.05, 4.69) is 4.90 Å². The Morgan fingerprint density at radius 2 is 1.85 bits per heavy atom. The van der Waals surface area contributed by atoms with Crippen molar-refractivity contribution >= 4 is 35.1 Å². The maximum absolute atomic E-state index is 12.9. The Labute approximate surface area is 157 Å². The number of nitrogens with zero attached hydrogens (tertiary/aromatic N) is 2. The van der Waals surface area contributed by atoms with Crippen molar-refractivity contribution < 1.29 is 23.8 Å². The maximum Gasteiger partial charge on any atom is 0.289 e. The van der Waals surface area contributed by atoms with E-state index in [0.717, 1.165) is 13.1 Å². The van der Waals surface area contributed by atoms with Crippen LogP contribution in [-0.2, 0) is 0 Å². The lowest BCUT2D eigenvalue weighted by molar-refractivity contribution is 0.0633. The number of aryl methyl sites for hydroxylation is 1. The van der Waals surface area contributed by atoms with Crippen molar-refractivity contribution in [2.24, 2.45) is 0 Å². The van der Waals surface area contributed by atoms with E-state index in [1.165, 1.54) is 14.0 Å². The van der Waals surface area contributed by atoms with Gasteiger partial charge >= 0.3 is 0 Å². The van der Waals surface area contributed by atoms with Crippen LogP contribution in [0.15, 0.2) is 10.5 Å². The predicted octanol–water partition coefficient (Wildman–Crippen LogP) is 2.47. The fourth-order valence-electron chi connectivity index (χ4n) is 3.16. The Morgan fingerprint density at radius 3 is 2.38 bits per heavy atom. The zero-order valence-electron chi connectivity index (χ0n) is 15.3. The lowest BCUT2D eigenvalue weighted by Crippen LogP contribution is -2.47. The topological polar surface area (TPSA) is 83.2 Å². The summed E-state index contributed by atoms with van der Waals surface area (Å²) in [6.45, 7) is 5.97. The maximum atomic E-state index is 12.9. The first-order valence-electron chi connectivity index (χ1n) is 8.17. The van der Waals surface area contributed by atoms with Gasteiger partial charge in [0.15, 0.2) is 23.0 Å². The normalized spacial score (nSPS) is 15.0. The molecule has 0 aliphatic carbocycles. The van der Waals surface area contributed by atoms with E-state index in [1.54, 1.807) is 17.9 Å². The smallest absolute Gasteiger partial charge is 0.289 e. The number of hydrogen-bond acceptors (Lipinski definition) is 6. The van der Waals surface area contributed by atoms with E-state index in [-0.39, 0.29) is 52.5 Å². The molecule has 0 spiro atoms. The molecule has 1 amide bonds. The summed E-state index contributed by atoms with van der Waals surface area (Å²) < 4.78 is 10.9. The molecule has 1 N–H and O–H groups in total. The summed E-state index contributed by atoms with van der Waals surface area (Å²) in [6.07, 6.45) is 0. The van der Waals surface area contributed by atoms with Gasteiger partial charge in [-0.05, 0) is 27.0 Å². The SMILES string of the molecule is COc1cc2c(C)c(C(=O)N3CCN(C)CC3)oc2c(C(C)=O)c1O.Cl. The van der Waals surface area contributed by atoms with Crippen LogP contribution in [-0.4, -0.2) is 66.9 Å². The summed E-state index contributed by atoms with van der Waals surface area (Å²) >= 11 is 0. The number of halogens is 1. The number of ketones is 1. The molecule has 1 aromatic carbocycles. The number of rotatable bonds is 3. The Bertz CT molecular complexity index is 853. The zero-order valence-corrected chi connectivity index (χ0v) is 16.1. The molecule has 1 fully saturated rings. The molecule has 3 rings (SSSR count). The van der Waals surface area contributed by atoms with Gasteiger partial charge in [-0.2, -0.15) is 0 Å². The number of phenols is 1. The Balaban J connectivity index is 0.00000243. The highest BCUT2D eigenvalue weighted by molar-refractivity contribution is 6.11. The predicted molar refractivity (Wildman–Crippen MR) is 99.8 cm³/mol. The van der Waals surface area contributed by atoms with Gasteiger partial charge in [-0.1, -0.05) is 0 Å². The monoisotopic (exact) mass is 382 g/mol. The largest absolute Gasteiger partial charge is 0.504 e. The number of ether oxygens (including phenoxy) is 1. The van der Waals surface area contributed by atoms with Crippen molar-refractivity contribution in [3.8, 4) is 11.5 Å². The summed E-state index contributed by atoms with van der Waals surface area (Å²) in [6, 6.07) is 1.59. The number of amides is 1. The highest BCUT2D eigenvalue weighted by Gasteiger charge is 2.29. The molecule has 0 atom stereocenters. The molecule has 8 heteroatoms. The van der Waals surface area contributed by atoms with Crippen LogP contribution in [0.3, 0.4) is 0 Å². The van der Waals surface area contributed by atoms with Gasteiger partial charge < -0.3 is 24.1 Å². The number of likely N-dealkylation sites (N-methyl/N-ethyl adjacent to an activating group) is 1.